The van der Waals surface area contributed by atoms with Gasteiger partial charge in [-0.15, -0.1) is 0 Å². The van der Waals surface area contributed by atoms with Crippen LogP contribution in [0.4, 0.5) is 0 Å². The van der Waals surface area contributed by atoms with Crippen molar-refractivity contribution in [2.24, 2.45) is 5.84 Å². The van der Waals surface area contributed by atoms with Crippen LogP contribution in [0, 0.1) is 0 Å². The molecule has 0 spiro atoms. The van der Waals surface area contributed by atoms with E-state index in [0.717, 1.165) is 28.2 Å². The molecule has 1 aromatic carbocycles. The van der Waals surface area contributed by atoms with Gasteiger partial charge in [0.25, 0.3) is 0 Å². The van der Waals surface area contributed by atoms with Gasteiger partial charge in [0, 0.05) is 17.4 Å². The van der Waals surface area contributed by atoms with E-state index >= 15 is 0 Å². The topological polar surface area (TPSA) is 78.0 Å². The first kappa shape index (κ1) is 15.0. The van der Waals surface area contributed by atoms with E-state index in [1.54, 1.807) is 13.4 Å². The van der Waals surface area contributed by atoms with Gasteiger partial charge in [-0.05, 0) is 30.7 Å². The Kier molecular flexibility index (Phi) is 5.11. The highest BCUT2D eigenvalue weighted by Crippen LogP contribution is 2.29. The van der Waals surface area contributed by atoms with Crippen LogP contribution in [-0.2, 0) is 13.0 Å². The molecule has 6 nitrogen and oxygen atoms in total. The van der Waals surface area contributed by atoms with Gasteiger partial charge in [0.15, 0.2) is 0 Å². The molecule has 0 saturated carbocycles. The summed E-state index contributed by atoms with van der Waals surface area (Å²) in [5.74, 6) is 7.39. The van der Waals surface area contributed by atoms with E-state index in [0.29, 0.717) is 6.42 Å². The second-order valence-electron chi connectivity index (χ2n) is 4.30. The number of benzene rings is 1. The summed E-state index contributed by atoms with van der Waals surface area (Å²) in [5, 5.41) is 4.17. The predicted molar refractivity (Wildman–Crippen MR) is 80.2 cm³/mol. The van der Waals surface area contributed by atoms with E-state index in [4.69, 9.17) is 10.6 Å². The van der Waals surface area contributed by atoms with E-state index in [-0.39, 0.29) is 6.04 Å². The lowest BCUT2D eigenvalue weighted by atomic mass is 10.0. The number of ether oxygens (including phenoxy) is 1. The Labute approximate surface area is 126 Å². The first-order chi connectivity index (χ1) is 9.69. The molecule has 1 atom stereocenters. The van der Waals surface area contributed by atoms with E-state index in [9.17, 15) is 0 Å². The van der Waals surface area contributed by atoms with Crippen LogP contribution in [0.3, 0.4) is 0 Å². The molecule has 1 unspecified atom stereocenters. The van der Waals surface area contributed by atoms with E-state index in [1.165, 1.54) is 0 Å². The van der Waals surface area contributed by atoms with Crippen molar-refractivity contribution in [2.75, 3.05) is 7.11 Å². The number of nitrogens with zero attached hydrogens (tertiary/aromatic N) is 3. The summed E-state index contributed by atoms with van der Waals surface area (Å²) in [6.45, 7) is 2.82. The zero-order chi connectivity index (χ0) is 14.5. The zero-order valence-electron chi connectivity index (χ0n) is 11.5. The van der Waals surface area contributed by atoms with Crippen LogP contribution in [0.2, 0.25) is 0 Å². The summed E-state index contributed by atoms with van der Waals surface area (Å²) < 4.78 is 8.10. The third-order valence-corrected chi connectivity index (χ3v) is 3.88. The number of halogens is 1. The van der Waals surface area contributed by atoms with Gasteiger partial charge in [-0.3, -0.25) is 16.0 Å². The Morgan fingerprint density at radius 1 is 1.50 bits per heavy atom. The van der Waals surface area contributed by atoms with Gasteiger partial charge in [0.2, 0.25) is 0 Å². The fourth-order valence-corrected chi connectivity index (χ4v) is 2.59. The average molecular weight is 340 g/mol. The lowest BCUT2D eigenvalue weighted by Crippen LogP contribution is -2.30. The molecule has 0 aliphatic carbocycles. The van der Waals surface area contributed by atoms with Gasteiger partial charge in [0.05, 0.1) is 13.2 Å². The smallest absolute Gasteiger partial charge is 0.138 e. The molecule has 0 radical (unpaired) electrons. The Balaban J connectivity index is 2.28. The van der Waals surface area contributed by atoms with Crippen LogP contribution in [-0.4, -0.2) is 21.9 Å². The van der Waals surface area contributed by atoms with Crippen LogP contribution in [0.5, 0.6) is 5.75 Å². The minimum absolute atomic E-state index is 0.0750. The third-order valence-electron chi connectivity index (χ3n) is 3.16. The molecule has 0 bridgehead atoms. The molecule has 7 heteroatoms. The average Bonchev–Trinajstić information content (AvgIpc) is 2.92. The minimum Gasteiger partial charge on any atom is -0.497 e. The van der Waals surface area contributed by atoms with Crippen molar-refractivity contribution >= 4 is 15.9 Å². The second kappa shape index (κ2) is 6.83. The van der Waals surface area contributed by atoms with Gasteiger partial charge in [-0.2, -0.15) is 5.10 Å². The molecule has 108 valence electrons. The summed E-state index contributed by atoms with van der Waals surface area (Å²) in [5.41, 5.74) is 3.86. The lowest BCUT2D eigenvalue weighted by molar-refractivity contribution is 0.412. The monoisotopic (exact) mass is 339 g/mol. The van der Waals surface area contributed by atoms with Crippen molar-refractivity contribution in [3.63, 3.8) is 0 Å². The quantitative estimate of drug-likeness (QED) is 0.620. The van der Waals surface area contributed by atoms with Crippen molar-refractivity contribution in [3.05, 3.63) is 40.4 Å². The zero-order valence-corrected chi connectivity index (χ0v) is 13.1. The Morgan fingerprint density at radius 3 is 2.95 bits per heavy atom. The number of hydrogen-bond acceptors (Lipinski definition) is 5. The number of nitrogens with one attached hydrogen (secondary N) is 1. The molecule has 0 saturated heterocycles. The van der Waals surface area contributed by atoms with Crippen molar-refractivity contribution in [1.29, 1.82) is 0 Å². The fourth-order valence-electron chi connectivity index (χ4n) is 2.07. The number of hydrazine groups is 1. The first-order valence-electron chi connectivity index (χ1n) is 6.35. The maximum Gasteiger partial charge on any atom is 0.138 e. The molecule has 3 N–H and O–H groups in total. The van der Waals surface area contributed by atoms with Gasteiger partial charge in [0.1, 0.15) is 17.9 Å². The van der Waals surface area contributed by atoms with Crippen LogP contribution >= 0.6 is 15.9 Å². The van der Waals surface area contributed by atoms with Crippen LogP contribution < -0.4 is 16.0 Å². The predicted octanol–water partition coefficient (Wildman–Crippen LogP) is 1.82. The maximum atomic E-state index is 5.70. The second-order valence-corrected chi connectivity index (χ2v) is 5.16. The van der Waals surface area contributed by atoms with Crippen LogP contribution in [0.15, 0.2) is 29.0 Å². The molecule has 1 aromatic heterocycles. The standard InChI is InChI=1S/C13H18BrN5O/c1-3-19-13(16-8-17-19)7-12(18-15)10-6-9(20-2)4-5-11(10)14/h4-6,8,12,18H,3,7,15H2,1-2H3. The number of aromatic nitrogens is 3. The summed E-state index contributed by atoms with van der Waals surface area (Å²) in [7, 11) is 1.64. The minimum atomic E-state index is -0.0750. The highest BCUT2D eigenvalue weighted by atomic mass is 79.9. The molecule has 2 aromatic rings. The Hall–Kier alpha value is -1.44. The molecular formula is C13H18BrN5O. The summed E-state index contributed by atoms with van der Waals surface area (Å²) >= 11 is 3.55. The van der Waals surface area contributed by atoms with Gasteiger partial charge >= 0.3 is 0 Å². The lowest BCUT2D eigenvalue weighted by Gasteiger charge is -2.18. The molecule has 2 rings (SSSR count). The third kappa shape index (κ3) is 3.17. The first-order valence-corrected chi connectivity index (χ1v) is 7.15. The summed E-state index contributed by atoms with van der Waals surface area (Å²) in [4.78, 5) is 4.28. The molecule has 0 aliphatic heterocycles. The highest BCUT2D eigenvalue weighted by molar-refractivity contribution is 9.10. The number of nitrogens with two attached hydrogens (primary N) is 1. The fraction of sp³-hybridized carbons (Fsp3) is 0.385. The largest absolute Gasteiger partial charge is 0.497 e. The molecular weight excluding hydrogens is 322 g/mol. The van der Waals surface area contributed by atoms with Gasteiger partial charge < -0.3 is 4.74 Å². The normalized spacial score (nSPS) is 12.4. The van der Waals surface area contributed by atoms with Crippen molar-refractivity contribution in [2.45, 2.75) is 25.9 Å². The highest BCUT2D eigenvalue weighted by Gasteiger charge is 2.17. The van der Waals surface area contributed by atoms with Crippen LogP contribution in [0.25, 0.3) is 0 Å². The van der Waals surface area contributed by atoms with Gasteiger partial charge in [-0.1, -0.05) is 15.9 Å². The molecule has 0 amide bonds. The molecule has 0 fully saturated rings. The van der Waals surface area contributed by atoms with E-state index in [2.05, 4.69) is 31.4 Å². The van der Waals surface area contributed by atoms with E-state index < -0.39 is 0 Å². The van der Waals surface area contributed by atoms with Gasteiger partial charge in [-0.25, -0.2) is 4.98 Å². The molecule has 0 aliphatic rings. The summed E-state index contributed by atoms with van der Waals surface area (Å²) in [6, 6.07) is 5.73. The number of aryl methyl sites for hydroxylation is 1. The Bertz CT molecular complexity index is 572. The molecule has 20 heavy (non-hydrogen) atoms. The van der Waals surface area contributed by atoms with Crippen molar-refractivity contribution in [3.8, 4) is 5.75 Å². The summed E-state index contributed by atoms with van der Waals surface area (Å²) in [6.07, 6.45) is 2.21. The molecule has 1 heterocycles. The Morgan fingerprint density at radius 2 is 2.30 bits per heavy atom. The number of methoxy groups -OCH3 is 1. The van der Waals surface area contributed by atoms with Crippen molar-refractivity contribution in [1.82, 2.24) is 20.2 Å². The van der Waals surface area contributed by atoms with Crippen LogP contribution in [0.1, 0.15) is 24.4 Å². The SMILES string of the molecule is CCn1ncnc1CC(NN)c1cc(OC)ccc1Br. The number of hydrogen-bond donors (Lipinski definition) is 2. The maximum absolute atomic E-state index is 5.70. The van der Waals surface area contributed by atoms with E-state index in [1.807, 2.05) is 29.8 Å². The number of rotatable bonds is 6. The van der Waals surface area contributed by atoms with Crippen molar-refractivity contribution < 1.29 is 4.74 Å².